The molecule has 3 aromatic rings. The molecule has 0 bridgehead atoms. The van der Waals surface area contributed by atoms with Crippen LogP contribution in [0.25, 0.3) is 11.1 Å². The van der Waals surface area contributed by atoms with Crippen molar-refractivity contribution in [3.63, 3.8) is 0 Å². The fourth-order valence-electron chi connectivity index (χ4n) is 3.71. The lowest BCUT2D eigenvalue weighted by atomic mass is 10.1. The fourth-order valence-corrected chi connectivity index (χ4v) is 4.58. The number of hydrogen-bond donors (Lipinski definition) is 0. The average molecular weight is 505 g/mol. The van der Waals surface area contributed by atoms with Gasteiger partial charge in [-0.25, -0.2) is 21.5 Å². The quantitative estimate of drug-likeness (QED) is 0.343. The van der Waals surface area contributed by atoms with E-state index < -0.39 is 26.6 Å². The maximum absolute atomic E-state index is 13.6. The molecular formula is C23H21F2N3O6S. The van der Waals surface area contributed by atoms with E-state index in [2.05, 4.69) is 4.98 Å². The third-order valence-corrected chi connectivity index (χ3v) is 6.80. The van der Waals surface area contributed by atoms with Crippen LogP contribution >= 0.6 is 0 Å². The SMILES string of the molecule is CS(=O)(=O)N1CCC(Oc2ccc(Oc3cncc(-c4ccc(F)c(F)c4)c3)cc2[N+](=O)[O-])CC1. The number of pyridine rings is 1. The van der Waals surface area contributed by atoms with Gasteiger partial charge in [0.05, 0.1) is 23.4 Å². The maximum Gasteiger partial charge on any atom is 0.314 e. The molecule has 12 heteroatoms. The van der Waals surface area contributed by atoms with E-state index in [0.29, 0.717) is 24.0 Å². The van der Waals surface area contributed by atoms with Crippen LogP contribution in [0.2, 0.25) is 0 Å². The predicted molar refractivity (Wildman–Crippen MR) is 123 cm³/mol. The first-order valence-corrected chi connectivity index (χ1v) is 12.4. The molecule has 0 amide bonds. The third-order valence-electron chi connectivity index (χ3n) is 5.49. The second-order valence-electron chi connectivity index (χ2n) is 8.01. The van der Waals surface area contributed by atoms with E-state index >= 15 is 0 Å². The number of nitro groups is 1. The molecule has 0 unspecified atom stereocenters. The zero-order chi connectivity index (χ0) is 25.2. The molecule has 1 saturated heterocycles. The zero-order valence-electron chi connectivity index (χ0n) is 18.6. The van der Waals surface area contributed by atoms with Crippen LogP contribution in [-0.2, 0) is 10.0 Å². The Kier molecular flexibility index (Phi) is 6.94. The Morgan fingerprint density at radius 2 is 1.74 bits per heavy atom. The van der Waals surface area contributed by atoms with Gasteiger partial charge in [-0.05, 0) is 48.7 Å². The van der Waals surface area contributed by atoms with Crippen molar-refractivity contribution < 1.29 is 31.6 Å². The normalized spacial score (nSPS) is 15.1. The minimum Gasteiger partial charge on any atom is -0.483 e. The van der Waals surface area contributed by atoms with Crippen molar-refractivity contribution in [3.8, 4) is 28.4 Å². The molecule has 1 aliphatic heterocycles. The van der Waals surface area contributed by atoms with Crippen LogP contribution < -0.4 is 9.47 Å². The number of nitro benzene ring substituents is 1. The molecule has 0 radical (unpaired) electrons. The van der Waals surface area contributed by atoms with Gasteiger partial charge in [-0.1, -0.05) is 6.07 Å². The predicted octanol–water partition coefficient (Wildman–Crippen LogP) is 4.53. The Morgan fingerprint density at radius 1 is 1.00 bits per heavy atom. The summed E-state index contributed by atoms with van der Waals surface area (Å²) in [6.07, 6.45) is 4.43. The number of ether oxygens (including phenoxy) is 2. The van der Waals surface area contributed by atoms with E-state index in [-0.39, 0.29) is 42.1 Å². The van der Waals surface area contributed by atoms with Gasteiger partial charge >= 0.3 is 5.69 Å². The largest absolute Gasteiger partial charge is 0.483 e. The molecule has 0 spiro atoms. The maximum atomic E-state index is 13.6. The number of nitrogens with zero attached hydrogens (tertiary/aromatic N) is 3. The molecule has 35 heavy (non-hydrogen) atoms. The van der Waals surface area contributed by atoms with E-state index in [1.807, 2.05) is 0 Å². The van der Waals surface area contributed by atoms with Crippen LogP contribution in [0.15, 0.2) is 54.9 Å². The molecule has 2 aromatic carbocycles. The summed E-state index contributed by atoms with van der Waals surface area (Å²) in [6, 6.07) is 9.12. The Hall–Kier alpha value is -3.64. The van der Waals surface area contributed by atoms with Gasteiger partial charge in [0.2, 0.25) is 10.0 Å². The summed E-state index contributed by atoms with van der Waals surface area (Å²) in [7, 11) is -3.29. The van der Waals surface area contributed by atoms with E-state index in [1.165, 1.54) is 41.0 Å². The Labute approximate surface area is 200 Å². The van der Waals surface area contributed by atoms with Gasteiger partial charge in [0.25, 0.3) is 0 Å². The van der Waals surface area contributed by atoms with Crippen molar-refractivity contribution in [2.24, 2.45) is 0 Å². The highest BCUT2D eigenvalue weighted by Crippen LogP contribution is 2.35. The van der Waals surface area contributed by atoms with E-state index in [4.69, 9.17) is 9.47 Å². The van der Waals surface area contributed by atoms with Gasteiger partial charge in [-0.3, -0.25) is 15.1 Å². The summed E-state index contributed by atoms with van der Waals surface area (Å²) in [4.78, 5) is 15.1. The lowest BCUT2D eigenvalue weighted by Gasteiger charge is -2.30. The number of halogens is 2. The highest BCUT2D eigenvalue weighted by molar-refractivity contribution is 7.88. The van der Waals surface area contributed by atoms with Gasteiger partial charge in [-0.15, -0.1) is 0 Å². The van der Waals surface area contributed by atoms with Crippen LogP contribution in [0.5, 0.6) is 17.2 Å². The monoisotopic (exact) mass is 505 g/mol. The van der Waals surface area contributed by atoms with Crippen LogP contribution in [0.3, 0.4) is 0 Å². The molecule has 2 heterocycles. The summed E-state index contributed by atoms with van der Waals surface area (Å²) >= 11 is 0. The van der Waals surface area contributed by atoms with Crippen molar-refractivity contribution in [2.75, 3.05) is 19.3 Å². The van der Waals surface area contributed by atoms with Crippen LogP contribution in [-0.4, -0.2) is 48.1 Å². The zero-order valence-corrected chi connectivity index (χ0v) is 19.4. The standard InChI is InChI=1S/C23H21F2N3O6S/c1-35(31,32)27-8-6-17(7-9-27)34-23-5-3-18(12-22(23)28(29)30)33-19-10-16(13-26-14-19)15-2-4-20(24)21(25)11-15/h2-5,10-14,17H,6-9H2,1H3. The lowest BCUT2D eigenvalue weighted by Crippen LogP contribution is -2.41. The molecule has 1 aliphatic rings. The minimum atomic E-state index is -3.29. The van der Waals surface area contributed by atoms with Crippen molar-refractivity contribution in [3.05, 3.63) is 76.6 Å². The number of benzene rings is 2. The molecule has 9 nitrogen and oxygen atoms in total. The van der Waals surface area contributed by atoms with Gasteiger partial charge < -0.3 is 9.47 Å². The first kappa shape index (κ1) is 24.5. The minimum absolute atomic E-state index is 0.0498. The molecule has 1 aromatic heterocycles. The smallest absolute Gasteiger partial charge is 0.314 e. The number of aromatic nitrogens is 1. The fraction of sp³-hybridized carbons (Fsp3) is 0.261. The van der Waals surface area contributed by atoms with E-state index in [9.17, 15) is 27.3 Å². The molecular weight excluding hydrogens is 484 g/mol. The van der Waals surface area contributed by atoms with Gasteiger partial charge in [0, 0.05) is 24.8 Å². The molecule has 4 rings (SSSR count). The topological polar surface area (TPSA) is 112 Å². The first-order valence-electron chi connectivity index (χ1n) is 10.6. The summed E-state index contributed by atoms with van der Waals surface area (Å²) in [5, 5.41) is 11.7. The van der Waals surface area contributed by atoms with Crippen LogP contribution in [0.4, 0.5) is 14.5 Å². The second-order valence-corrected chi connectivity index (χ2v) is 9.99. The van der Waals surface area contributed by atoms with Crippen molar-refractivity contribution in [2.45, 2.75) is 18.9 Å². The van der Waals surface area contributed by atoms with Crippen LogP contribution in [0.1, 0.15) is 12.8 Å². The Morgan fingerprint density at radius 3 is 2.40 bits per heavy atom. The second kappa shape index (κ2) is 9.92. The molecule has 0 aliphatic carbocycles. The highest BCUT2D eigenvalue weighted by Gasteiger charge is 2.28. The summed E-state index contributed by atoms with van der Waals surface area (Å²) in [5.41, 5.74) is 0.549. The molecule has 0 atom stereocenters. The lowest BCUT2D eigenvalue weighted by molar-refractivity contribution is -0.386. The summed E-state index contributed by atoms with van der Waals surface area (Å²) < 4.78 is 63.0. The van der Waals surface area contributed by atoms with Gasteiger partial charge in [0.15, 0.2) is 17.4 Å². The number of rotatable bonds is 7. The Balaban J connectivity index is 1.50. The van der Waals surface area contributed by atoms with Crippen molar-refractivity contribution in [1.82, 2.24) is 9.29 Å². The number of piperidine rings is 1. The third kappa shape index (κ3) is 5.89. The number of sulfonamides is 1. The van der Waals surface area contributed by atoms with Crippen molar-refractivity contribution in [1.29, 1.82) is 0 Å². The Bertz CT molecular complexity index is 1360. The molecule has 1 fully saturated rings. The molecule has 0 N–H and O–H groups in total. The summed E-state index contributed by atoms with van der Waals surface area (Å²) in [6.45, 7) is 0.555. The highest BCUT2D eigenvalue weighted by atomic mass is 32.2. The van der Waals surface area contributed by atoms with E-state index in [0.717, 1.165) is 18.4 Å². The number of hydrogen-bond acceptors (Lipinski definition) is 7. The van der Waals surface area contributed by atoms with E-state index in [1.54, 1.807) is 6.07 Å². The average Bonchev–Trinajstić information content (AvgIpc) is 2.81. The van der Waals surface area contributed by atoms with Gasteiger partial charge in [0.1, 0.15) is 17.6 Å². The first-order chi connectivity index (χ1) is 16.6. The summed E-state index contributed by atoms with van der Waals surface area (Å²) in [5.74, 6) is -1.52. The molecule has 184 valence electrons. The van der Waals surface area contributed by atoms with Crippen molar-refractivity contribution >= 4 is 15.7 Å². The molecule has 0 saturated carbocycles. The van der Waals surface area contributed by atoms with Gasteiger partial charge in [-0.2, -0.15) is 0 Å². The van der Waals surface area contributed by atoms with Crippen LogP contribution in [0, 0.1) is 21.7 Å².